The number of aromatic hydroxyl groups is 1. The van der Waals surface area contributed by atoms with Crippen LogP contribution in [0.25, 0.3) is 0 Å². The molecule has 0 amide bonds. The van der Waals surface area contributed by atoms with Gasteiger partial charge in [0.25, 0.3) is 5.56 Å². The SMILES string of the molecule is Cc1c(O)nc(CC2CCCNC2)[nH]c1=O. The number of hydrogen-bond donors (Lipinski definition) is 3. The van der Waals surface area contributed by atoms with Crippen LogP contribution < -0.4 is 10.9 Å². The van der Waals surface area contributed by atoms with E-state index in [2.05, 4.69) is 15.3 Å². The highest BCUT2D eigenvalue weighted by atomic mass is 16.3. The Balaban J connectivity index is 2.12. The number of H-pyrrole nitrogens is 1. The van der Waals surface area contributed by atoms with Crippen molar-refractivity contribution in [2.24, 2.45) is 5.92 Å². The van der Waals surface area contributed by atoms with Crippen molar-refractivity contribution in [1.82, 2.24) is 15.3 Å². The third-order valence-electron chi connectivity index (χ3n) is 3.06. The summed E-state index contributed by atoms with van der Waals surface area (Å²) in [5.41, 5.74) is 0.0387. The van der Waals surface area contributed by atoms with E-state index >= 15 is 0 Å². The van der Waals surface area contributed by atoms with Gasteiger partial charge in [-0.1, -0.05) is 0 Å². The van der Waals surface area contributed by atoms with Gasteiger partial charge < -0.3 is 15.4 Å². The molecule has 1 aromatic rings. The van der Waals surface area contributed by atoms with Crippen molar-refractivity contribution in [3.05, 3.63) is 21.7 Å². The molecule has 0 saturated carbocycles. The minimum absolute atomic E-state index is 0.150. The fourth-order valence-electron chi connectivity index (χ4n) is 2.03. The maximum absolute atomic E-state index is 11.4. The van der Waals surface area contributed by atoms with Crippen molar-refractivity contribution in [3.63, 3.8) is 0 Å². The van der Waals surface area contributed by atoms with Crippen LogP contribution >= 0.6 is 0 Å². The van der Waals surface area contributed by atoms with Gasteiger partial charge in [-0.3, -0.25) is 4.79 Å². The molecule has 2 heterocycles. The zero-order valence-corrected chi connectivity index (χ0v) is 9.42. The first-order valence-corrected chi connectivity index (χ1v) is 5.66. The molecule has 1 atom stereocenters. The first-order chi connectivity index (χ1) is 7.66. The largest absolute Gasteiger partial charge is 0.493 e. The van der Waals surface area contributed by atoms with Crippen LogP contribution in [0.4, 0.5) is 0 Å². The van der Waals surface area contributed by atoms with Gasteiger partial charge in [-0.05, 0) is 38.8 Å². The Morgan fingerprint density at radius 2 is 2.38 bits per heavy atom. The van der Waals surface area contributed by atoms with E-state index in [1.54, 1.807) is 6.92 Å². The lowest BCUT2D eigenvalue weighted by Crippen LogP contribution is -2.31. The lowest BCUT2D eigenvalue weighted by molar-refractivity contribution is 0.366. The van der Waals surface area contributed by atoms with E-state index < -0.39 is 0 Å². The third kappa shape index (κ3) is 2.41. The molecule has 5 nitrogen and oxygen atoms in total. The molecule has 0 aliphatic carbocycles. The molecule has 0 radical (unpaired) electrons. The van der Waals surface area contributed by atoms with Crippen molar-refractivity contribution in [1.29, 1.82) is 0 Å². The van der Waals surface area contributed by atoms with Crippen LogP contribution in [0.15, 0.2) is 4.79 Å². The number of rotatable bonds is 2. The molecule has 88 valence electrons. The van der Waals surface area contributed by atoms with E-state index in [1.165, 1.54) is 0 Å². The van der Waals surface area contributed by atoms with Crippen molar-refractivity contribution in [3.8, 4) is 5.88 Å². The third-order valence-corrected chi connectivity index (χ3v) is 3.06. The number of aromatic nitrogens is 2. The van der Waals surface area contributed by atoms with Gasteiger partial charge in [-0.2, -0.15) is 0 Å². The summed E-state index contributed by atoms with van der Waals surface area (Å²) < 4.78 is 0. The van der Waals surface area contributed by atoms with Crippen molar-refractivity contribution < 1.29 is 5.11 Å². The maximum atomic E-state index is 11.4. The number of piperidine rings is 1. The summed E-state index contributed by atoms with van der Waals surface area (Å²) in [7, 11) is 0. The standard InChI is InChI=1S/C11H17N3O2/c1-7-10(15)13-9(14-11(7)16)5-8-3-2-4-12-6-8/h8,12H,2-6H2,1H3,(H2,13,14,15,16). The van der Waals surface area contributed by atoms with Crippen molar-refractivity contribution in [2.75, 3.05) is 13.1 Å². The highest BCUT2D eigenvalue weighted by molar-refractivity contribution is 5.20. The van der Waals surface area contributed by atoms with E-state index in [4.69, 9.17) is 0 Å². The quantitative estimate of drug-likeness (QED) is 0.675. The summed E-state index contributed by atoms with van der Waals surface area (Å²) in [5.74, 6) is 0.934. The maximum Gasteiger partial charge on any atom is 0.257 e. The van der Waals surface area contributed by atoms with Gasteiger partial charge in [0.05, 0.1) is 5.56 Å². The summed E-state index contributed by atoms with van der Waals surface area (Å²) in [5, 5.41) is 12.8. The van der Waals surface area contributed by atoms with Crippen molar-refractivity contribution in [2.45, 2.75) is 26.2 Å². The number of aromatic amines is 1. The predicted octanol–water partition coefficient (Wildman–Crippen LogP) is 0.326. The smallest absolute Gasteiger partial charge is 0.257 e. The van der Waals surface area contributed by atoms with E-state index in [0.717, 1.165) is 32.4 Å². The van der Waals surface area contributed by atoms with Crippen LogP contribution in [0.1, 0.15) is 24.2 Å². The molecule has 1 aliphatic rings. The minimum atomic E-state index is -0.244. The molecule has 1 saturated heterocycles. The summed E-state index contributed by atoms with van der Waals surface area (Å²) in [6.07, 6.45) is 3.02. The Labute approximate surface area is 93.9 Å². The minimum Gasteiger partial charge on any atom is -0.493 e. The molecule has 0 spiro atoms. The number of nitrogens with one attached hydrogen (secondary N) is 2. The Kier molecular flexibility index (Phi) is 3.24. The molecule has 2 rings (SSSR count). The molecule has 5 heteroatoms. The lowest BCUT2D eigenvalue weighted by atomic mass is 9.96. The van der Waals surface area contributed by atoms with E-state index in [0.29, 0.717) is 11.7 Å². The molecule has 1 aliphatic heterocycles. The molecule has 0 bridgehead atoms. The predicted molar refractivity (Wildman–Crippen MR) is 60.6 cm³/mol. The molecule has 1 unspecified atom stereocenters. The Morgan fingerprint density at radius 1 is 1.56 bits per heavy atom. The van der Waals surface area contributed by atoms with Crippen LogP contribution in [-0.4, -0.2) is 28.2 Å². The van der Waals surface area contributed by atoms with Gasteiger partial charge >= 0.3 is 0 Å². The van der Waals surface area contributed by atoms with Gasteiger partial charge in [0.1, 0.15) is 5.82 Å². The van der Waals surface area contributed by atoms with E-state index in [1.807, 2.05) is 0 Å². The first-order valence-electron chi connectivity index (χ1n) is 5.66. The number of nitrogens with zero attached hydrogens (tertiary/aromatic N) is 1. The van der Waals surface area contributed by atoms with Crippen LogP contribution in [-0.2, 0) is 6.42 Å². The fourth-order valence-corrected chi connectivity index (χ4v) is 2.03. The fraction of sp³-hybridized carbons (Fsp3) is 0.636. The van der Waals surface area contributed by atoms with Crippen LogP contribution in [0.2, 0.25) is 0 Å². The molecular formula is C11H17N3O2. The van der Waals surface area contributed by atoms with Gasteiger partial charge in [0.2, 0.25) is 5.88 Å². The van der Waals surface area contributed by atoms with Gasteiger partial charge in [-0.25, -0.2) is 4.98 Å². The van der Waals surface area contributed by atoms with E-state index in [-0.39, 0.29) is 17.0 Å². The van der Waals surface area contributed by atoms with Gasteiger partial charge in [0, 0.05) is 6.42 Å². The molecule has 1 fully saturated rings. The zero-order valence-electron chi connectivity index (χ0n) is 9.42. The zero-order chi connectivity index (χ0) is 11.5. The summed E-state index contributed by atoms with van der Waals surface area (Å²) in [4.78, 5) is 18.1. The Morgan fingerprint density at radius 3 is 3.00 bits per heavy atom. The molecular weight excluding hydrogens is 206 g/mol. The van der Waals surface area contributed by atoms with Gasteiger partial charge in [-0.15, -0.1) is 0 Å². The second-order valence-electron chi connectivity index (χ2n) is 4.38. The van der Waals surface area contributed by atoms with Crippen LogP contribution in [0.3, 0.4) is 0 Å². The number of hydrogen-bond acceptors (Lipinski definition) is 4. The summed E-state index contributed by atoms with van der Waals surface area (Å²) in [6, 6.07) is 0. The normalized spacial score (nSPS) is 20.9. The second kappa shape index (κ2) is 4.65. The molecule has 1 aromatic heterocycles. The summed E-state index contributed by atoms with van der Waals surface area (Å²) >= 11 is 0. The average molecular weight is 223 g/mol. The van der Waals surface area contributed by atoms with Crippen LogP contribution in [0.5, 0.6) is 5.88 Å². The molecule has 16 heavy (non-hydrogen) atoms. The summed E-state index contributed by atoms with van der Waals surface area (Å²) in [6.45, 7) is 3.59. The van der Waals surface area contributed by atoms with E-state index in [9.17, 15) is 9.90 Å². The molecule has 0 aromatic carbocycles. The highest BCUT2D eigenvalue weighted by Crippen LogP contribution is 2.15. The van der Waals surface area contributed by atoms with Gasteiger partial charge in [0.15, 0.2) is 0 Å². The van der Waals surface area contributed by atoms with Crippen LogP contribution in [0, 0.1) is 12.8 Å². The Bertz CT molecular complexity index is 422. The monoisotopic (exact) mass is 223 g/mol. The Hall–Kier alpha value is -1.36. The van der Waals surface area contributed by atoms with Crippen molar-refractivity contribution >= 4 is 0 Å². The average Bonchev–Trinajstić information content (AvgIpc) is 2.27. The molecule has 3 N–H and O–H groups in total. The highest BCUT2D eigenvalue weighted by Gasteiger charge is 2.15. The lowest BCUT2D eigenvalue weighted by Gasteiger charge is -2.22. The topological polar surface area (TPSA) is 78.0 Å². The first kappa shape index (κ1) is 11.1. The second-order valence-corrected chi connectivity index (χ2v) is 4.38.